The van der Waals surface area contributed by atoms with Crippen molar-refractivity contribution in [3.05, 3.63) is 0 Å². The van der Waals surface area contributed by atoms with E-state index in [0.717, 1.165) is 50.7 Å². The molecule has 0 rings (SSSR count). The Morgan fingerprint density at radius 3 is 0.957 bits per heavy atom. The van der Waals surface area contributed by atoms with Crippen molar-refractivity contribution in [2.24, 2.45) is 0 Å². The third-order valence-electron chi connectivity index (χ3n) is 9.13. The van der Waals surface area contributed by atoms with E-state index < -0.39 is 15.9 Å². The highest BCUT2D eigenvalue weighted by Gasteiger charge is 2.44. The minimum absolute atomic E-state index is 0.111. The number of nitrogens with zero attached hydrogens (tertiary/aromatic N) is 1. The van der Waals surface area contributed by atoms with Crippen molar-refractivity contribution in [1.82, 2.24) is 5.06 Å². The van der Waals surface area contributed by atoms with Crippen molar-refractivity contribution in [3.63, 3.8) is 0 Å². The van der Waals surface area contributed by atoms with Crippen LogP contribution in [0.15, 0.2) is 0 Å². The van der Waals surface area contributed by atoms with E-state index in [-0.39, 0.29) is 18.1 Å². The second-order valence-corrected chi connectivity index (χ2v) is 14.4. The van der Waals surface area contributed by atoms with Gasteiger partial charge in [-0.1, -0.05) is 175 Å². The third kappa shape index (κ3) is 28.2. The molecule has 0 amide bonds. The zero-order chi connectivity index (χ0) is 34.9. The number of rotatable bonds is 33. The summed E-state index contributed by atoms with van der Waals surface area (Å²) in [5, 5.41) is 11.5. The van der Waals surface area contributed by atoms with Gasteiger partial charge in [0, 0.05) is 19.4 Å². The Morgan fingerprint density at radius 2 is 0.761 bits per heavy atom. The largest absolute Gasteiger partial charge is 0.397 e. The Labute approximate surface area is 285 Å². The van der Waals surface area contributed by atoms with Crippen LogP contribution in [0, 0.1) is 0 Å². The van der Waals surface area contributed by atoms with Crippen LogP contribution in [0.5, 0.6) is 0 Å². The summed E-state index contributed by atoms with van der Waals surface area (Å²) in [5.74, 6) is -0.223. The van der Waals surface area contributed by atoms with Crippen LogP contribution in [0.25, 0.3) is 0 Å². The van der Waals surface area contributed by atoms with Crippen molar-refractivity contribution in [1.29, 1.82) is 0 Å². The third-order valence-corrected chi connectivity index (χ3v) is 9.55. The molecule has 0 saturated carbocycles. The topological polar surface area (TPSA) is 121 Å². The molecule has 0 radical (unpaired) electrons. The number of carbonyl (C=O) groups is 2. The zero-order valence-corrected chi connectivity index (χ0v) is 31.6. The molecule has 0 bridgehead atoms. The van der Waals surface area contributed by atoms with Crippen molar-refractivity contribution in [2.75, 3.05) is 13.7 Å². The SMILES string of the molecule is CCCCCCCCCCCCCCCC(=O)C(C)(C(=O)CCCCCCCCCCCCCCC)N(O)CC.COS(=O)(=O)O. The van der Waals surface area contributed by atoms with Crippen LogP contribution in [0.2, 0.25) is 0 Å². The fourth-order valence-electron chi connectivity index (χ4n) is 5.85. The lowest BCUT2D eigenvalue weighted by atomic mass is 9.85. The highest BCUT2D eigenvalue weighted by atomic mass is 32.3. The second-order valence-electron chi connectivity index (χ2n) is 13.2. The molecule has 0 aliphatic rings. The van der Waals surface area contributed by atoms with Gasteiger partial charge in [-0.25, -0.2) is 0 Å². The summed E-state index contributed by atoms with van der Waals surface area (Å²) in [6.45, 7) is 8.26. The molecule has 0 atom stereocenters. The van der Waals surface area contributed by atoms with Crippen molar-refractivity contribution < 1.29 is 31.9 Å². The molecule has 0 aliphatic carbocycles. The molecule has 0 aromatic rings. The minimum atomic E-state index is -4.16. The highest BCUT2D eigenvalue weighted by Crippen LogP contribution is 2.23. The maximum Gasteiger partial charge on any atom is 0.397 e. The summed E-state index contributed by atoms with van der Waals surface area (Å²) < 4.78 is 29.7. The van der Waals surface area contributed by atoms with Crippen LogP contribution in [0.4, 0.5) is 0 Å². The van der Waals surface area contributed by atoms with Crippen molar-refractivity contribution >= 4 is 22.0 Å². The van der Waals surface area contributed by atoms with E-state index in [4.69, 9.17) is 4.55 Å². The number of carbonyl (C=O) groups excluding carboxylic acids is 2. The average Bonchev–Trinajstić information content (AvgIpc) is 3.04. The molecule has 8 nitrogen and oxygen atoms in total. The van der Waals surface area contributed by atoms with Gasteiger partial charge in [-0.2, -0.15) is 13.5 Å². The monoisotopic (exact) mass is 678 g/mol. The number of hydroxylamine groups is 2. The van der Waals surface area contributed by atoms with E-state index in [2.05, 4.69) is 18.0 Å². The molecular formula is C37H75NO7S. The van der Waals surface area contributed by atoms with Crippen molar-refractivity contribution in [3.8, 4) is 0 Å². The first-order chi connectivity index (χ1) is 22.0. The number of hydrogen-bond donors (Lipinski definition) is 2. The molecule has 0 fully saturated rings. The van der Waals surface area contributed by atoms with E-state index >= 15 is 0 Å². The molecule has 2 N–H and O–H groups in total. The van der Waals surface area contributed by atoms with Crippen LogP contribution in [-0.4, -0.2) is 54.0 Å². The van der Waals surface area contributed by atoms with E-state index in [9.17, 15) is 23.2 Å². The smallest absolute Gasteiger partial charge is 0.313 e. The number of Topliss-reactive ketones (excluding diaryl/α,β-unsaturated/α-hetero) is 2. The van der Waals surface area contributed by atoms with Gasteiger partial charge in [-0.05, 0) is 19.8 Å². The number of likely N-dealkylation sites (N-methyl/N-ethyl adjacent to an activating group) is 1. The summed E-state index contributed by atoms with van der Waals surface area (Å²) in [4.78, 5) is 26.2. The fraction of sp³-hybridized carbons (Fsp3) is 0.946. The van der Waals surface area contributed by atoms with E-state index in [1.54, 1.807) is 13.8 Å². The Morgan fingerprint density at radius 1 is 0.543 bits per heavy atom. The van der Waals surface area contributed by atoms with Crippen LogP contribution in [0.3, 0.4) is 0 Å². The lowest BCUT2D eigenvalue weighted by Crippen LogP contribution is -2.56. The summed E-state index contributed by atoms with van der Waals surface area (Å²) >= 11 is 0. The summed E-state index contributed by atoms with van der Waals surface area (Å²) in [6, 6.07) is 0. The molecule has 0 aromatic carbocycles. The van der Waals surface area contributed by atoms with Crippen LogP contribution >= 0.6 is 0 Å². The molecule has 276 valence electrons. The van der Waals surface area contributed by atoms with Gasteiger partial charge in [0.1, 0.15) is 0 Å². The molecular weight excluding hydrogens is 602 g/mol. The van der Waals surface area contributed by atoms with Crippen LogP contribution in [-0.2, 0) is 24.2 Å². The highest BCUT2D eigenvalue weighted by molar-refractivity contribution is 7.80. The number of unbranched alkanes of at least 4 members (excludes halogenated alkanes) is 24. The van der Waals surface area contributed by atoms with E-state index in [1.165, 1.54) is 128 Å². The molecule has 0 heterocycles. The number of hydrogen-bond acceptors (Lipinski definition) is 7. The molecule has 0 spiro atoms. The fourth-order valence-corrected chi connectivity index (χ4v) is 5.85. The van der Waals surface area contributed by atoms with Gasteiger partial charge in [0.2, 0.25) is 0 Å². The quantitative estimate of drug-likeness (QED) is 0.0304. The van der Waals surface area contributed by atoms with Gasteiger partial charge in [-0.15, -0.1) is 0 Å². The first-order valence-corrected chi connectivity index (χ1v) is 20.4. The zero-order valence-electron chi connectivity index (χ0n) is 30.8. The summed E-state index contributed by atoms with van der Waals surface area (Å²) in [6.07, 6.45) is 33.7. The van der Waals surface area contributed by atoms with Gasteiger partial charge in [0.15, 0.2) is 17.1 Å². The maximum absolute atomic E-state index is 13.1. The normalized spacial score (nSPS) is 11.9. The molecule has 0 aliphatic heterocycles. The first-order valence-electron chi connectivity index (χ1n) is 19.1. The molecule has 0 saturated heterocycles. The Hall–Kier alpha value is -0.870. The Kier molecular flexibility index (Phi) is 33.6. The molecule has 9 heteroatoms. The summed E-state index contributed by atoms with van der Waals surface area (Å²) in [5.41, 5.74) is -1.39. The van der Waals surface area contributed by atoms with E-state index in [0.29, 0.717) is 12.8 Å². The van der Waals surface area contributed by atoms with Crippen molar-refractivity contribution in [2.45, 2.75) is 213 Å². The second kappa shape index (κ2) is 32.7. The standard InChI is InChI=1S/C36H71NO3.CH4O4S/c1-5-8-10-12-14-16-18-20-22-24-26-28-30-32-34(38)36(4,37(40)7-3)35(39)33-31-29-27-25-23-21-19-17-15-13-11-9-6-2;1-5-6(2,3)4/h40H,5-33H2,1-4H3;1H3,(H,2,3,4). The average molecular weight is 678 g/mol. The minimum Gasteiger partial charge on any atom is -0.313 e. The van der Waals surface area contributed by atoms with E-state index in [1.807, 2.05) is 0 Å². The molecule has 0 aromatic heterocycles. The van der Waals surface area contributed by atoms with Gasteiger partial charge >= 0.3 is 10.4 Å². The first kappa shape index (κ1) is 47.2. The lowest BCUT2D eigenvalue weighted by Gasteiger charge is -2.33. The van der Waals surface area contributed by atoms with Crippen LogP contribution in [0.1, 0.15) is 207 Å². The molecule has 0 unspecified atom stereocenters. The Balaban J connectivity index is 0. The number of ketones is 2. The van der Waals surface area contributed by atoms with Gasteiger partial charge in [0.05, 0.1) is 7.11 Å². The summed E-state index contributed by atoms with van der Waals surface area (Å²) in [7, 11) is -3.29. The lowest BCUT2D eigenvalue weighted by molar-refractivity contribution is -0.183. The maximum atomic E-state index is 13.1. The van der Waals surface area contributed by atoms with Crippen LogP contribution < -0.4 is 0 Å². The van der Waals surface area contributed by atoms with Gasteiger partial charge in [0.25, 0.3) is 0 Å². The molecule has 46 heavy (non-hydrogen) atoms. The Bertz CT molecular complexity index is 762. The predicted octanol–water partition coefficient (Wildman–Crippen LogP) is 11.0. The van der Waals surface area contributed by atoms with Gasteiger partial charge < -0.3 is 5.21 Å². The predicted molar refractivity (Wildman–Crippen MR) is 192 cm³/mol. The van der Waals surface area contributed by atoms with Gasteiger partial charge in [-0.3, -0.25) is 18.3 Å².